The zero-order valence-electron chi connectivity index (χ0n) is 13.0. The van der Waals surface area contributed by atoms with Crippen LogP contribution in [0.15, 0.2) is 42.5 Å². The molecule has 0 bridgehead atoms. The molecule has 1 aliphatic rings. The predicted octanol–water partition coefficient (Wildman–Crippen LogP) is 4.01. The highest BCUT2D eigenvalue weighted by atomic mass is 35.5. The molecule has 122 valence electrons. The van der Waals surface area contributed by atoms with E-state index >= 15 is 0 Å². The van der Waals surface area contributed by atoms with E-state index in [1.807, 2.05) is 30.3 Å². The SMILES string of the molecule is Clc1ccc(Cl)c(-c2nc(N3CCNCC3)nc3ccccc23)c1. The van der Waals surface area contributed by atoms with E-state index in [4.69, 9.17) is 33.2 Å². The maximum Gasteiger partial charge on any atom is 0.226 e. The highest BCUT2D eigenvalue weighted by molar-refractivity contribution is 6.35. The van der Waals surface area contributed by atoms with Gasteiger partial charge in [-0.25, -0.2) is 9.97 Å². The number of anilines is 1. The van der Waals surface area contributed by atoms with Crippen LogP contribution in [0.1, 0.15) is 0 Å². The Morgan fingerprint density at radius 2 is 1.75 bits per heavy atom. The molecule has 6 heteroatoms. The molecule has 3 aromatic rings. The first-order valence-corrected chi connectivity index (χ1v) is 8.66. The minimum Gasteiger partial charge on any atom is -0.338 e. The number of benzene rings is 2. The second-order valence-electron chi connectivity index (χ2n) is 5.75. The molecule has 2 heterocycles. The van der Waals surface area contributed by atoms with Gasteiger partial charge in [-0.2, -0.15) is 0 Å². The molecule has 2 aromatic carbocycles. The van der Waals surface area contributed by atoms with Crippen molar-refractivity contribution in [3.8, 4) is 11.3 Å². The highest BCUT2D eigenvalue weighted by Crippen LogP contribution is 2.34. The summed E-state index contributed by atoms with van der Waals surface area (Å²) in [7, 11) is 0. The fourth-order valence-electron chi connectivity index (χ4n) is 2.95. The van der Waals surface area contributed by atoms with Gasteiger partial charge in [-0.3, -0.25) is 0 Å². The average molecular weight is 359 g/mol. The number of nitrogens with one attached hydrogen (secondary N) is 1. The fraction of sp³-hybridized carbons (Fsp3) is 0.222. The van der Waals surface area contributed by atoms with Gasteiger partial charge in [-0.05, 0) is 24.3 Å². The van der Waals surface area contributed by atoms with E-state index in [9.17, 15) is 0 Å². The summed E-state index contributed by atoms with van der Waals surface area (Å²) in [5.74, 6) is 0.737. The molecule has 0 aliphatic carbocycles. The zero-order chi connectivity index (χ0) is 16.5. The van der Waals surface area contributed by atoms with Gasteiger partial charge in [-0.1, -0.05) is 41.4 Å². The van der Waals surface area contributed by atoms with Crippen molar-refractivity contribution in [2.24, 2.45) is 0 Å². The predicted molar refractivity (Wildman–Crippen MR) is 100 cm³/mol. The number of hydrogen-bond donors (Lipinski definition) is 1. The van der Waals surface area contributed by atoms with Crippen molar-refractivity contribution in [2.45, 2.75) is 0 Å². The minimum atomic E-state index is 0.634. The molecule has 24 heavy (non-hydrogen) atoms. The van der Waals surface area contributed by atoms with Crippen molar-refractivity contribution < 1.29 is 0 Å². The van der Waals surface area contributed by atoms with Crippen molar-refractivity contribution in [1.82, 2.24) is 15.3 Å². The van der Waals surface area contributed by atoms with E-state index in [-0.39, 0.29) is 0 Å². The summed E-state index contributed by atoms with van der Waals surface area (Å²) >= 11 is 12.6. The average Bonchev–Trinajstić information content (AvgIpc) is 2.63. The summed E-state index contributed by atoms with van der Waals surface area (Å²) in [5, 5.41) is 5.59. The lowest BCUT2D eigenvalue weighted by molar-refractivity contribution is 0.581. The molecule has 0 unspecified atom stereocenters. The van der Waals surface area contributed by atoms with Gasteiger partial charge in [0.2, 0.25) is 5.95 Å². The Morgan fingerprint density at radius 1 is 0.958 bits per heavy atom. The van der Waals surface area contributed by atoms with Crippen LogP contribution < -0.4 is 10.2 Å². The molecule has 0 amide bonds. The van der Waals surface area contributed by atoms with Crippen LogP contribution in [-0.2, 0) is 0 Å². The van der Waals surface area contributed by atoms with Crippen LogP contribution in [0.25, 0.3) is 22.2 Å². The number of aromatic nitrogens is 2. The quantitative estimate of drug-likeness (QED) is 0.751. The standard InChI is InChI=1S/C18H16Cl2N4/c19-12-5-6-15(20)14(11-12)17-13-3-1-2-4-16(13)22-18(23-17)24-9-7-21-8-10-24/h1-6,11,21H,7-10H2. The normalized spacial score (nSPS) is 15.0. The number of nitrogens with zero attached hydrogens (tertiary/aromatic N) is 3. The topological polar surface area (TPSA) is 41.1 Å². The van der Waals surface area contributed by atoms with Gasteiger partial charge in [0.1, 0.15) is 0 Å². The molecule has 1 aromatic heterocycles. The van der Waals surface area contributed by atoms with E-state index in [1.54, 1.807) is 12.1 Å². The number of piperazine rings is 1. The van der Waals surface area contributed by atoms with Crippen LogP contribution in [0.4, 0.5) is 5.95 Å². The summed E-state index contributed by atoms with van der Waals surface area (Å²) in [6.07, 6.45) is 0. The van der Waals surface area contributed by atoms with E-state index < -0.39 is 0 Å². The molecule has 0 spiro atoms. The lowest BCUT2D eigenvalue weighted by Gasteiger charge is -2.28. The first kappa shape index (κ1) is 15.6. The largest absolute Gasteiger partial charge is 0.338 e. The molecule has 1 saturated heterocycles. The Hall–Kier alpha value is -1.88. The van der Waals surface area contributed by atoms with E-state index in [0.29, 0.717) is 10.0 Å². The Bertz CT molecular complexity index is 891. The third kappa shape index (κ3) is 2.93. The summed E-state index contributed by atoms with van der Waals surface area (Å²) < 4.78 is 0. The van der Waals surface area contributed by atoms with Crippen molar-refractivity contribution in [2.75, 3.05) is 31.1 Å². The van der Waals surface area contributed by atoms with Gasteiger partial charge in [0, 0.05) is 42.2 Å². The number of fused-ring (bicyclic) bond motifs is 1. The van der Waals surface area contributed by atoms with Crippen LogP contribution in [-0.4, -0.2) is 36.1 Å². The van der Waals surface area contributed by atoms with Gasteiger partial charge in [0.25, 0.3) is 0 Å². The summed E-state index contributed by atoms with van der Waals surface area (Å²) in [5.41, 5.74) is 2.56. The molecule has 0 saturated carbocycles. The van der Waals surface area contributed by atoms with Gasteiger partial charge in [-0.15, -0.1) is 0 Å². The first-order chi connectivity index (χ1) is 11.7. The van der Waals surface area contributed by atoms with Gasteiger partial charge in [0.15, 0.2) is 0 Å². The second kappa shape index (κ2) is 6.55. The molecule has 0 radical (unpaired) electrons. The van der Waals surface area contributed by atoms with Gasteiger partial charge >= 0.3 is 0 Å². The smallest absolute Gasteiger partial charge is 0.226 e. The third-order valence-electron chi connectivity index (χ3n) is 4.17. The van der Waals surface area contributed by atoms with Gasteiger partial charge < -0.3 is 10.2 Å². The van der Waals surface area contributed by atoms with Crippen molar-refractivity contribution in [3.63, 3.8) is 0 Å². The van der Waals surface area contributed by atoms with E-state index in [1.165, 1.54) is 0 Å². The van der Waals surface area contributed by atoms with Crippen LogP contribution in [0.2, 0.25) is 10.0 Å². The van der Waals surface area contributed by atoms with Crippen LogP contribution in [0.3, 0.4) is 0 Å². The Balaban J connectivity index is 1.93. The van der Waals surface area contributed by atoms with Crippen molar-refractivity contribution in [3.05, 3.63) is 52.5 Å². The molecule has 1 aliphatic heterocycles. The maximum atomic E-state index is 6.43. The Kier molecular flexibility index (Phi) is 4.27. The molecular weight excluding hydrogens is 343 g/mol. The summed E-state index contributed by atoms with van der Waals surface area (Å²) in [4.78, 5) is 11.8. The van der Waals surface area contributed by atoms with Crippen LogP contribution in [0.5, 0.6) is 0 Å². The number of halogens is 2. The zero-order valence-corrected chi connectivity index (χ0v) is 14.5. The molecule has 4 nitrogen and oxygen atoms in total. The van der Waals surface area contributed by atoms with Crippen molar-refractivity contribution in [1.29, 1.82) is 0 Å². The van der Waals surface area contributed by atoms with Gasteiger partial charge in [0.05, 0.1) is 16.2 Å². The fourth-order valence-corrected chi connectivity index (χ4v) is 3.33. The number of para-hydroxylation sites is 1. The molecular formula is C18H16Cl2N4. The van der Waals surface area contributed by atoms with Crippen LogP contribution in [0, 0.1) is 0 Å². The lowest BCUT2D eigenvalue weighted by Crippen LogP contribution is -2.44. The maximum absolute atomic E-state index is 6.43. The van der Waals surface area contributed by atoms with E-state index in [2.05, 4.69) is 10.2 Å². The minimum absolute atomic E-state index is 0.634. The highest BCUT2D eigenvalue weighted by Gasteiger charge is 2.18. The molecule has 1 N–H and O–H groups in total. The molecule has 1 fully saturated rings. The summed E-state index contributed by atoms with van der Waals surface area (Å²) in [6, 6.07) is 13.4. The first-order valence-electron chi connectivity index (χ1n) is 7.90. The Morgan fingerprint density at radius 3 is 2.58 bits per heavy atom. The van der Waals surface area contributed by atoms with Crippen molar-refractivity contribution >= 4 is 40.1 Å². The van der Waals surface area contributed by atoms with Crippen LogP contribution >= 0.6 is 23.2 Å². The number of rotatable bonds is 2. The Labute approximate surface area is 150 Å². The second-order valence-corrected chi connectivity index (χ2v) is 6.59. The molecule has 0 atom stereocenters. The molecule has 4 rings (SSSR count). The lowest BCUT2D eigenvalue weighted by atomic mass is 10.1. The monoisotopic (exact) mass is 358 g/mol. The third-order valence-corrected chi connectivity index (χ3v) is 4.74. The summed E-state index contributed by atoms with van der Waals surface area (Å²) in [6.45, 7) is 3.65. The van der Waals surface area contributed by atoms with E-state index in [0.717, 1.165) is 54.3 Å². The number of hydrogen-bond acceptors (Lipinski definition) is 4.